The van der Waals surface area contributed by atoms with Gasteiger partial charge in [-0.3, -0.25) is 15.1 Å². The summed E-state index contributed by atoms with van der Waals surface area (Å²) in [7, 11) is 1.96. The maximum Gasteiger partial charge on any atom is 0.435 e. The molecule has 0 fully saturated rings. The Morgan fingerprint density at radius 2 is 2.09 bits per heavy atom. The number of nitrogens with one attached hydrogen (secondary N) is 1. The molecule has 0 radical (unpaired) electrons. The molecular weight excluding hydrogens is 441 g/mol. The van der Waals surface area contributed by atoms with E-state index in [4.69, 9.17) is 0 Å². The van der Waals surface area contributed by atoms with E-state index < -0.39 is 11.9 Å². The second-order valence-electron chi connectivity index (χ2n) is 8.92. The van der Waals surface area contributed by atoms with Crippen LogP contribution in [0.3, 0.4) is 0 Å². The quantitative estimate of drug-likeness (QED) is 0.454. The number of rotatable bonds is 7. The van der Waals surface area contributed by atoms with Crippen LogP contribution in [-0.4, -0.2) is 45.6 Å². The fourth-order valence-electron chi connectivity index (χ4n) is 4.40. The van der Waals surface area contributed by atoms with Crippen molar-refractivity contribution in [2.24, 2.45) is 4.99 Å². The molecule has 0 amide bonds. The number of benzene rings is 1. The number of aromatic nitrogens is 4. The SMILES string of the molecule is C=N/C(=C\N(C)C[C@H]1CCc2ccc(C(C)C)cc21)c1cc(-c2nn[nH]c2C(F)(F)F)ccn1. The molecule has 0 saturated heterocycles. The first-order valence-corrected chi connectivity index (χ1v) is 11.1. The van der Waals surface area contributed by atoms with Crippen molar-refractivity contribution in [3.8, 4) is 11.3 Å². The summed E-state index contributed by atoms with van der Waals surface area (Å²) in [5.41, 5.74) is 3.97. The summed E-state index contributed by atoms with van der Waals surface area (Å²) in [5, 5.41) is 8.88. The monoisotopic (exact) mass is 468 g/mol. The molecule has 0 spiro atoms. The summed E-state index contributed by atoms with van der Waals surface area (Å²) in [6.07, 6.45) is 0.804. The third kappa shape index (κ3) is 4.88. The van der Waals surface area contributed by atoms with Crippen LogP contribution in [0.4, 0.5) is 13.2 Å². The number of aromatic amines is 1. The highest BCUT2D eigenvalue weighted by molar-refractivity contribution is 5.70. The number of hydrogen-bond acceptors (Lipinski definition) is 5. The van der Waals surface area contributed by atoms with Crippen LogP contribution < -0.4 is 0 Å². The molecule has 0 bridgehead atoms. The van der Waals surface area contributed by atoms with E-state index in [-0.39, 0.29) is 11.3 Å². The number of nitrogens with zero attached hydrogens (tertiary/aromatic N) is 5. The van der Waals surface area contributed by atoms with Gasteiger partial charge in [0, 0.05) is 37.5 Å². The highest BCUT2D eigenvalue weighted by atomic mass is 19.4. The zero-order valence-electron chi connectivity index (χ0n) is 19.4. The maximum absolute atomic E-state index is 13.3. The highest BCUT2D eigenvalue weighted by Crippen LogP contribution is 2.36. The molecule has 1 aromatic carbocycles. The molecule has 1 N–H and O–H groups in total. The van der Waals surface area contributed by atoms with Crippen molar-refractivity contribution in [1.29, 1.82) is 0 Å². The lowest BCUT2D eigenvalue weighted by Gasteiger charge is -2.21. The Bertz CT molecular complexity index is 1210. The van der Waals surface area contributed by atoms with Crippen molar-refractivity contribution in [3.05, 3.63) is 70.8 Å². The van der Waals surface area contributed by atoms with Crippen LogP contribution in [0, 0.1) is 0 Å². The minimum absolute atomic E-state index is 0.245. The van der Waals surface area contributed by atoms with Gasteiger partial charge in [0.15, 0.2) is 5.69 Å². The van der Waals surface area contributed by atoms with Gasteiger partial charge in [0.25, 0.3) is 0 Å². The lowest BCUT2D eigenvalue weighted by atomic mass is 9.94. The summed E-state index contributed by atoms with van der Waals surface area (Å²) >= 11 is 0. The molecule has 0 unspecified atom stereocenters. The molecule has 0 aliphatic heterocycles. The van der Waals surface area contributed by atoms with E-state index in [1.54, 1.807) is 0 Å². The summed E-state index contributed by atoms with van der Waals surface area (Å²) in [5.74, 6) is 0.867. The topological polar surface area (TPSA) is 70.1 Å². The Balaban J connectivity index is 1.56. The van der Waals surface area contributed by atoms with E-state index in [1.165, 1.54) is 35.0 Å². The molecule has 6 nitrogen and oxygen atoms in total. The molecule has 1 atom stereocenters. The average molecular weight is 469 g/mol. The largest absolute Gasteiger partial charge is 0.435 e. The Morgan fingerprint density at radius 1 is 1.29 bits per heavy atom. The molecule has 0 saturated carbocycles. The predicted molar refractivity (Wildman–Crippen MR) is 126 cm³/mol. The number of likely N-dealkylation sites (N-methyl/N-ethyl adjacent to an activating group) is 1. The van der Waals surface area contributed by atoms with Gasteiger partial charge in [0.05, 0.1) is 5.69 Å². The number of fused-ring (bicyclic) bond motifs is 1. The first-order valence-electron chi connectivity index (χ1n) is 11.1. The second kappa shape index (κ2) is 9.40. The van der Waals surface area contributed by atoms with E-state index in [0.717, 1.165) is 19.4 Å². The first kappa shape index (κ1) is 23.7. The normalized spacial score (nSPS) is 16.1. The van der Waals surface area contributed by atoms with Crippen LogP contribution >= 0.6 is 0 Å². The van der Waals surface area contributed by atoms with Crippen molar-refractivity contribution < 1.29 is 13.2 Å². The third-order valence-electron chi connectivity index (χ3n) is 6.19. The van der Waals surface area contributed by atoms with E-state index in [1.807, 2.05) is 23.2 Å². The maximum atomic E-state index is 13.3. The van der Waals surface area contributed by atoms with Gasteiger partial charge in [-0.25, -0.2) is 0 Å². The van der Waals surface area contributed by atoms with E-state index in [2.05, 4.69) is 59.1 Å². The molecule has 1 aliphatic rings. The molecule has 1 aliphatic carbocycles. The molecular formula is C25H27F3N6. The van der Waals surface area contributed by atoms with Gasteiger partial charge < -0.3 is 4.90 Å². The fourth-order valence-corrected chi connectivity index (χ4v) is 4.40. The summed E-state index contributed by atoms with van der Waals surface area (Å²) in [4.78, 5) is 10.4. The molecule has 34 heavy (non-hydrogen) atoms. The lowest BCUT2D eigenvalue weighted by Crippen LogP contribution is -2.19. The Kier molecular flexibility index (Phi) is 6.54. The number of aliphatic imine (C=N–C) groups is 1. The van der Waals surface area contributed by atoms with Gasteiger partial charge in [0.2, 0.25) is 0 Å². The zero-order valence-corrected chi connectivity index (χ0v) is 19.4. The van der Waals surface area contributed by atoms with Gasteiger partial charge in [0.1, 0.15) is 11.4 Å². The van der Waals surface area contributed by atoms with Crippen molar-refractivity contribution in [3.63, 3.8) is 0 Å². The lowest BCUT2D eigenvalue weighted by molar-refractivity contribution is -0.140. The van der Waals surface area contributed by atoms with Gasteiger partial charge in [-0.05, 0) is 54.3 Å². The smallest absolute Gasteiger partial charge is 0.378 e. The third-order valence-corrected chi connectivity index (χ3v) is 6.19. The van der Waals surface area contributed by atoms with Crippen molar-refractivity contribution in [1.82, 2.24) is 25.3 Å². The number of pyridine rings is 1. The standard InChI is InChI=1S/C25H27F3N6/c1-15(2)17-7-5-16-6-8-19(20(16)11-17)13-34(4)14-22(29-3)21-12-18(9-10-30-21)23-24(25(26,27)28)32-33-31-23/h5,7,9-12,14-15,19H,3,6,8,13H2,1-2,4H3,(H,31,32,33)/b22-14-/t19-/m1/s1. The van der Waals surface area contributed by atoms with E-state index >= 15 is 0 Å². The Hall–Kier alpha value is -3.49. The number of alkyl halides is 3. The number of H-pyrrole nitrogens is 1. The minimum Gasteiger partial charge on any atom is -0.378 e. The van der Waals surface area contributed by atoms with Crippen LogP contribution in [0.15, 0.2) is 47.7 Å². The zero-order chi connectivity index (χ0) is 24.5. The molecule has 9 heteroatoms. The molecule has 3 aromatic rings. The Morgan fingerprint density at radius 3 is 2.79 bits per heavy atom. The van der Waals surface area contributed by atoms with Crippen LogP contribution in [0.25, 0.3) is 17.0 Å². The predicted octanol–water partition coefficient (Wildman–Crippen LogP) is 5.67. The van der Waals surface area contributed by atoms with Gasteiger partial charge >= 0.3 is 6.18 Å². The first-order chi connectivity index (χ1) is 16.2. The van der Waals surface area contributed by atoms with Crippen LogP contribution in [-0.2, 0) is 12.6 Å². The van der Waals surface area contributed by atoms with Crippen molar-refractivity contribution in [2.75, 3.05) is 13.6 Å². The van der Waals surface area contributed by atoms with Crippen molar-refractivity contribution in [2.45, 2.75) is 44.7 Å². The molecule has 2 aromatic heterocycles. The summed E-state index contributed by atoms with van der Waals surface area (Å²) in [6.45, 7) is 8.82. The summed E-state index contributed by atoms with van der Waals surface area (Å²) < 4.78 is 39.8. The second-order valence-corrected chi connectivity index (χ2v) is 8.92. The van der Waals surface area contributed by atoms with Crippen molar-refractivity contribution >= 4 is 12.4 Å². The molecule has 2 heterocycles. The van der Waals surface area contributed by atoms with Crippen LogP contribution in [0.1, 0.15) is 60.2 Å². The molecule has 4 rings (SSSR count). The van der Waals surface area contributed by atoms with E-state index in [9.17, 15) is 13.2 Å². The fraction of sp³-hybridized carbons (Fsp3) is 0.360. The van der Waals surface area contributed by atoms with E-state index in [0.29, 0.717) is 23.2 Å². The number of aryl methyl sites for hydroxylation is 1. The number of hydrogen-bond donors (Lipinski definition) is 1. The summed E-state index contributed by atoms with van der Waals surface area (Å²) in [6, 6.07) is 9.76. The average Bonchev–Trinajstić information content (AvgIpc) is 3.45. The van der Waals surface area contributed by atoms with Gasteiger partial charge in [-0.1, -0.05) is 37.3 Å². The van der Waals surface area contributed by atoms with Crippen LogP contribution in [0.2, 0.25) is 0 Å². The van der Waals surface area contributed by atoms with Crippen LogP contribution in [0.5, 0.6) is 0 Å². The highest BCUT2D eigenvalue weighted by Gasteiger charge is 2.37. The minimum atomic E-state index is -4.59. The van der Waals surface area contributed by atoms with Gasteiger partial charge in [-0.15, -0.1) is 5.10 Å². The van der Waals surface area contributed by atoms with Gasteiger partial charge in [-0.2, -0.15) is 13.2 Å². The number of halogens is 3. The molecule has 178 valence electrons. The Labute approximate surface area is 196 Å².